The van der Waals surface area contributed by atoms with E-state index in [-0.39, 0.29) is 0 Å². The van der Waals surface area contributed by atoms with E-state index in [2.05, 4.69) is 13.8 Å². The molecule has 0 atom stereocenters. The van der Waals surface area contributed by atoms with Crippen LogP contribution in [0.15, 0.2) is 30.3 Å². The lowest BCUT2D eigenvalue weighted by atomic mass is 10.1. The molecule has 0 saturated carbocycles. The number of unbranched alkanes of at least 4 members (excludes halogenated alkanes) is 12. The lowest BCUT2D eigenvalue weighted by Crippen LogP contribution is -1.99. The van der Waals surface area contributed by atoms with Crippen LogP contribution in [0.1, 0.15) is 104 Å². The normalized spacial score (nSPS) is 11.2. The first-order chi connectivity index (χ1) is 14.5. The lowest BCUT2D eigenvalue weighted by Gasteiger charge is -2.12. The lowest BCUT2D eigenvalue weighted by molar-refractivity contribution is 0.145. The minimum atomic E-state index is -3.82. The summed E-state index contributed by atoms with van der Waals surface area (Å²) in [6, 6.07) is 8.71. The second kappa shape index (κ2) is 21.4. The Morgan fingerprint density at radius 2 is 1.03 bits per heavy atom. The molecule has 0 aliphatic rings. The number of benzene rings is 1. The van der Waals surface area contributed by atoms with Crippen molar-refractivity contribution >= 4 is 7.82 Å². The van der Waals surface area contributed by atoms with Crippen molar-refractivity contribution < 1.29 is 23.6 Å². The van der Waals surface area contributed by atoms with Crippen LogP contribution in [0.3, 0.4) is 0 Å². The van der Waals surface area contributed by atoms with Crippen LogP contribution >= 0.6 is 7.82 Å². The van der Waals surface area contributed by atoms with Crippen molar-refractivity contribution in [2.24, 2.45) is 0 Å². The molecule has 0 spiro atoms. The third kappa shape index (κ3) is 21.8. The molecule has 0 unspecified atom stereocenters. The highest BCUT2D eigenvalue weighted by molar-refractivity contribution is 7.47. The van der Waals surface area contributed by atoms with Crippen molar-refractivity contribution in [3.8, 4) is 5.75 Å². The van der Waals surface area contributed by atoms with E-state index < -0.39 is 7.82 Å². The highest BCUT2D eigenvalue weighted by Gasteiger charge is 2.19. The number of rotatable bonds is 18. The Bertz CT molecular complexity index is 486. The van der Waals surface area contributed by atoms with Crippen molar-refractivity contribution in [2.45, 2.75) is 104 Å². The molecule has 0 aliphatic heterocycles. The van der Waals surface area contributed by atoms with E-state index in [9.17, 15) is 9.46 Å². The molecule has 2 N–H and O–H groups in total. The van der Waals surface area contributed by atoms with Gasteiger partial charge in [-0.3, -0.25) is 9.05 Å². The highest BCUT2D eigenvalue weighted by atomic mass is 31.2. The van der Waals surface area contributed by atoms with Gasteiger partial charge in [0.1, 0.15) is 5.75 Å². The molecule has 0 bridgehead atoms. The van der Waals surface area contributed by atoms with Crippen LogP contribution in [0, 0.1) is 0 Å². The van der Waals surface area contributed by atoms with Crippen LogP contribution in [0.5, 0.6) is 5.75 Å². The maximum atomic E-state index is 11.7. The van der Waals surface area contributed by atoms with E-state index in [1.807, 2.05) is 6.07 Å². The molecule has 6 heteroatoms. The summed E-state index contributed by atoms with van der Waals surface area (Å²) in [7, 11) is -3.82. The maximum Gasteiger partial charge on any atom is 0.472 e. The Morgan fingerprint density at radius 3 is 1.37 bits per heavy atom. The second-order valence-electron chi connectivity index (χ2n) is 7.71. The van der Waals surface area contributed by atoms with Gasteiger partial charge in [-0.05, 0) is 25.0 Å². The van der Waals surface area contributed by atoms with Crippen molar-refractivity contribution in [2.75, 3.05) is 13.2 Å². The molecule has 0 amide bonds. The van der Waals surface area contributed by atoms with Gasteiger partial charge in [-0.25, -0.2) is 4.57 Å². The molecule has 30 heavy (non-hydrogen) atoms. The predicted molar refractivity (Wildman–Crippen MR) is 126 cm³/mol. The Hall–Kier alpha value is -0.870. The number of para-hydroxylation sites is 1. The molecule has 0 aromatic heterocycles. The number of hydrogen-bond acceptors (Lipinski definition) is 4. The van der Waals surface area contributed by atoms with Crippen molar-refractivity contribution in [1.82, 2.24) is 0 Å². The fraction of sp³-hybridized carbons (Fsp3) is 0.750. The molecule has 1 aromatic carbocycles. The monoisotopic (exact) mass is 444 g/mol. The van der Waals surface area contributed by atoms with Crippen LogP contribution < -0.4 is 0 Å². The number of phenols is 1. The van der Waals surface area contributed by atoms with E-state index in [4.69, 9.17) is 14.2 Å². The van der Waals surface area contributed by atoms with Crippen LogP contribution in [-0.2, 0) is 13.6 Å². The van der Waals surface area contributed by atoms with Crippen LogP contribution in [0.4, 0.5) is 0 Å². The Balaban J connectivity index is 0.000001000. The van der Waals surface area contributed by atoms with Gasteiger partial charge in [0.05, 0.1) is 13.2 Å². The predicted octanol–water partition coefficient (Wildman–Crippen LogP) is 8.01. The molecule has 0 radical (unpaired) electrons. The van der Waals surface area contributed by atoms with Crippen molar-refractivity contribution in [1.29, 1.82) is 0 Å². The Labute approximate surface area is 184 Å². The van der Waals surface area contributed by atoms with Gasteiger partial charge >= 0.3 is 7.82 Å². The van der Waals surface area contributed by atoms with Gasteiger partial charge < -0.3 is 10.00 Å². The minimum Gasteiger partial charge on any atom is -0.508 e. The quantitative estimate of drug-likeness (QED) is 0.177. The largest absolute Gasteiger partial charge is 0.508 e. The highest BCUT2D eigenvalue weighted by Crippen LogP contribution is 2.43. The molecular formula is C24H45O5P. The third-order valence-corrected chi connectivity index (χ3v) is 5.78. The fourth-order valence-electron chi connectivity index (χ4n) is 2.94. The second-order valence-corrected chi connectivity index (χ2v) is 9.17. The standard InChI is InChI=1S/C18H39O4P.C6H6O/c1-3-5-7-9-11-13-15-17-21-23(19,20)22-18-16-14-12-10-8-6-4-2;7-6-4-2-1-3-5-6/h3-18H2,1-2H3,(H,19,20);1-5,7H. The molecule has 5 nitrogen and oxygen atoms in total. The average Bonchev–Trinajstić information content (AvgIpc) is 2.73. The van der Waals surface area contributed by atoms with Crippen LogP contribution in [0.25, 0.3) is 0 Å². The van der Waals surface area contributed by atoms with Crippen LogP contribution in [-0.4, -0.2) is 23.2 Å². The molecule has 1 rings (SSSR count). The topological polar surface area (TPSA) is 76.0 Å². The first-order valence-corrected chi connectivity index (χ1v) is 13.4. The minimum absolute atomic E-state index is 0.318. The van der Waals surface area contributed by atoms with E-state index in [0.717, 1.165) is 25.7 Å². The van der Waals surface area contributed by atoms with E-state index in [1.54, 1.807) is 24.3 Å². The average molecular weight is 445 g/mol. The van der Waals surface area contributed by atoms with Gasteiger partial charge in [0.25, 0.3) is 0 Å². The van der Waals surface area contributed by atoms with Crippen LogP contribution in [0.2, 0.25) is 0 Å². The van der Waals surface area contributed by atoms with Gasteiger partial charge in [-0.2, -0.15) is 0 Å². The smallest absolute Gasteiger partial charge is 0.472 e. The zero-order valence-corrected chi connectivity index (χ0v) is 20.2. The molecule has 176 valence electrons. The third-order valence-electron chi connectivity index (χ3n) is 4.76. The van der Waals surface area contributed by atoms with Crippen molar-refractivity contribution in [3.63, 3.8) is 0 Å². The summed E-state index contributed by atoms with van der Waals surface area (Å²) in [5.41, 5.74) is 0. The Kier molecular flexibility index (Phi) is 20.7. The number of phosphoric ester groups is 1. The molecular weight excluding hydrogens is 399 g/mol. The number of aromatic hydroxyl groups is 1. The molecule has 0 saturated heterocycles. The summed E-state index contributed by atoms with van der Waals surface area (Å²) in [5.74, 6) is 0.322. The van der Waals surface area contributed by atoms with E-state index >= 15 is 0 Å². The summed E-state index contributed by atoms with van der Waals surface area (Å²) in [4.78, 5) is 9.57. The van der Waals surface area contributed by atoms with Gasteiger partial charge in [-0.1, -0.05) is 109 Å². The fourth-order valence-corrected chi connectivity index (χ4v) is 3.74. The maximum absolute atomic E-state index is 11.7. The zero-order valence-electron chi connectivity index (χ0n) is 19.3. The van der Waals surface area contributed by atoms with Crippen molar-refractivity contribution in [3.05, 3.63) is 30.3 Å². The van der Waals surface area contributed by atoms with Gasteiger partial charge in [0.15, 0.2) is 0 Å². The number of hydrogen-bond donors (Lipinski definition) is 2. The molecule has 0 aliphatic carbocycles. The number of phenolic OH excluding ortho intramolecular Hbond substituents is 1. The van der Waals surface area contributed by atoms with Gasteiger partial charge in [0, 0.05) is 0 Å². The summed E-state index contributed by atoms with van der Waals surface area (Å²) in [6.45, 7) is 5.05. The summed E-state index contributed by atoms with van der Waals surface area (Å²) >= 11 is 0. The summed E-state index contributed by atoms with van der Waals surface area (Å²) in [6.07, 6.45) is 16.3. The van der Waals surface area contributed by atoms with E-state index in [0.29, 0.717) is 19.0 Å². The Morgan fingerprint density at radius 1 is 0.667 bits per heavy atom. The first kappa shape index (κ1) is 29.1. The van der Waals surface area contributed by atoms with Gasteiger partial charge in [-0.15, -0.1) is 0 Å². The molecule has 0 heterocycles. The van der Waals surface area contributed by atoms with E-state index in [1.165, 1.54) is 64.2 Å². The summed E-state index contributed by atoms with van der Waals surface area (Å²) < 4.78 is 21.7. The SMILES string of the molecule is CCCCCCCCCOP(=O)(O)OCCCCCCCCC.Oc1ccccc1. The zero-order chi connectivity index (χ0) is 22.3. The first-order valence-electron chi connectivity index (χ1n) is 11.9. The summed E-state index contributed by atoms with van der Waals surface area (Å²) in [5, 5.41) is 8.63. The van der Waals surface area contributed by atoms with Gasteiger partial charge in [0.2, 0.25) is 0 Å². The molecule has 1 aromatic rings. The number of phosphoric acid groups is 1. The molecule has 0 fully saturated rings.